The minimum absolute atomic E-state index is 0.124. The second-order valence-electron chi connectivity index (χ2n) is 8.31. The fourth-order valence-corrected chi connectivity index (χ4v) is 4.28. The van der Waals surface area contributed by atoms with Crippen molar-refractivity contribution in [3.8, 4) is 5.75 Å². The Morgan fingerprint density at radius 2 is 1.85 bits per heavy atom. The Balaban J connectivity index is 1.15. The standard InChI is InChI=1S/C24H30FN5O3/c1-33-22-7-5-20(6-8-22)29-13-11-28(12-14-29)10-9-26-24(32)27-19-16-23(31)30(17-19)21-4-2-3-18(25)15-21/h2-8,15,19H,9-14,16-17H2,1H3,(H2,26,27,32)/t19-/m1/s1. The molecule has 2 saturated heterocycles. The molecule has 0 spiro atoms. The summed E-state index contributed by atoms with van der Waals surface area (Å²) in [6, 6.07) is 13.4. The number of ether oxygens (including phenoxy) is 1. The monoisotopic (exact) mass is 455 g/mol. The molecule has 0 saturated carbocycles. The van der Waals surface area contributed by atoms with Crippen LogP contribution in [-0.4, -0.2) is 75.8 Å². The molecule has 9 heteroatoms. The van der Waals surface area contributed by atoms with Crippen LogP contribution in [0.1, 0.15) is 6.42 Å². The van der Waals surface area contributed by atoms with E-state index in [9.17, 15) is 14.0 Å². The number of carbonyl (C=O) groups excluding carboxylic acids is 2. The van der Waals surface area contributed by atoms with E-state index in [4.69, 9.17) is 4.74 Å². The van der Waals surface area contributed by atoms with Crippen molar-refractivity contribution in [2.75, 3.05) is 62.7 Å². The molecule has 0 unspecified atom stereocenters. The van der Waals surface area contributed by atoms with E-state index in [1.807, 2.05) is 12.1 Å². The number of benzene rings is 2. The number of methoxy groups -OCH3 is 1. The van der Waals surface area contributed by atoms with Gasteiger partial charge in [-0.25, -0.2) is 9.18 Å². The molecule has 0 aliphatic carbocycles. The minimum atomic E-state index is -0.390. The van der Waals surface area contributed by atoms with Crippen LogP contribution in [0.5, 0.6) is 5.75 Å². The van der Waals surface area contributed by atoms with Gasteiger partial charge in [0.15, 0.2) is 0 Å². The molecule has 2 N–H and O–H groups in total. The highest BCUT2D eigenvalue weighted by Gasteiger charge is 2.31. The zero-order chi connectivity index (χ0) is 23.2. The molecule has 2 fully saturated rings. The molecular weight excluding hydrogens is 425 g/mol. The predicted molar refractivity (Wildman–Crippen MR) is 125 cm³/mol. The maximum Gasteiger partial charge on any atom is 0.315 e. The Morgan fingerprint density at radius 1 is 1.09 bits per heavy atom. The lowest BCUT2D eigenvalue weighted by Gasteiger charge is -2.36. The summed E-state index contributed by atoms with van der Waals surface area (Å²) in [5.74, 6) is 0.338. The minimum Gasteiger partial charge on any atom is -0.497 e. The average Bonchev–Trinajstić information content (AvgIpc) is 3.19. The molecule has 2 aromatic rings. The van der Waals surface area contributed by atoms with Gasteiger partial charge in [0, 0.05) is 63.6 Å². The molecule has 33 heavy (non-hydrogen) atoms. The Hall–Kier alpha value is -3.33. The number of hydrogen-bond acceptors (Lipinski definition) is 5. The maximum absolute atomic E-state index is 13.5. The highest BCUT2D eigenvalue weighted by atomic mass is 19.1. The number of amides is 3. The van der Waals surface area contributed by atoms with Gasteiger partial charge in [0.25, 0.3) is 0 Å². The summed E-state index contributed by atoms with van der Waals surface area (Å²) in [6.45, 7) is 5.34. The molecule has 4 rings (SSSR count). The molecule has 2 aliphatic heterocycles. The molecule has 0 radical (unpaired) electrons. The summed E-state index contributed by atoms with van der Waals surface area (Å²) in [5.41, 5.74) is 1.70. The van der Waals surface area contributed by atoms with Crippen LogP contribution in [0.4, 0.5) is 20.6 Å². The number of nitrogens with zero attached hydrogens (tertiary/aromatic N) is 3. The first-order valence-corrected chi connectivity index (χ1v) is 11.2. The van der Waals surface area contributed by atoms with Crippen LogP contribution in [0.2, 0.25) is 0 Å². The summed E-state index contributed by atoms with van der Waals surface area (Å²) in [5, 5.41) is 5.74. The van der Waals surface area contributed by atoms with Gasteiger partial charge in [-0.15, -0.1) is 0 Å². The maximum atomic E-state index is 13.5. The van der Waals surface area contributed by atoms with Gasteiger partial charge < -0.3 is 25.2 Å². The molecule has 1 atom stereocenters. The van der Waals surface area contributed by atoms with Crippen molar-refractivity contribution in [3.63, 3.8) is 0 Å². The van der Waals surface area contributed by atoms with Crippen molar-refractivity contribution in [1.82, 2.24) is 15.5 Å². The smallest absolute Gasteiger partial charge is 0.315 e. The van der Waals surface area contributed by atoms with E-state index < -0.39 is 0 Å². The van der Waals surface area contributed by atoms with Crippen molar-refractivity contribution in [1.29, 1.82) is 0 Å². The molecule has 2 aliphatic rings. The zero-order valence-corrected chi connectivity index (χ0v) is 18.8. The zero-order valence-electron chi connectivity index (χ0n) is 18.8. The highest BCUT2D eigenvalue weighted by Crippen LogP contribution is 2.22. The van der Waals surface area contributed by atoms with Gasteiger partial charge in [0.2, 0.25) is 5.91 Å². The largest absolute Gasteiger partial charge is 0.497 e. The van der Waals surface area contributed by atoms with E-state index in [1.54, 1.807) is 19.2 Å². The lowest BCUT2D eigenvalue weighted by atomic mass is 10.2. The van der Waals surface area contributed by atoms with Crippen molar-refractivity contribution < 1.29 is 18.7 Å². The quantitative estimate of drug-likeness (QED) is 0.669. The second-order valence-corrected chi connectivity index (χ2v) is 8.31. The molecule has 3 amide bonds. The van der Waals surface area contributed by atoms with Crippen molar-refractivity contribution >= 4 is 23.3 Å². The number of urea groups is 1. The second kappa shape index (κ2) is 10.5. The predicted octanol–water partition coefficient (Wildman–Crippen LogP) is 2.06. The fraction of sp³-hybridized carbons (Fsp3) is 0.417. The third kappa shape index (κ3) is 5.92. The Kier molecular flexibility index (Phi) is 7.29. The van der Waals surface area contributed by atoms with Gasteiger partial charge in [-0.05, 0) is 42.5 Å². The van der Waals surface area contributed by atoms with Crippen molar-refractivity contribution in [2.24, 2.45) is 0 Å². The molecule has 176 valence electrons. The van der Waals surface area contributed by atoms with Crippen LogP contribution >= 0.6 is 0 Å². The van der Waals surface area contributed by atoms with Gasteiger partial charge in [-0.2, -0.15) is 0 Å². The van der Waals surface area contributed by atoms with E-state index in [0.29, 0.717) is 18.8 Å². The summed E-state index contributed by atoms with van der Waals surface area (Å²) in [6.07, 6.45) is 0.206. The van der Waals surface area contributed by atoms with Crippen LogP contribution < -0.4 is 25.2 Å². The Morgan fingerprint density at radius 3 is 2.55 bits per heavy atom. The molecule has 2 heterocycles. The molecular formula is C24H30FN5O3. The number of anilines is 2. The summed E-state index contributed by atoms with van der Waals surface area (Å²) < 4.78 is 18.7. The molecule has 0 bridgehead atoms. The first-order valence-electron chi connectivity index (χ1n) is 11.2. The molecule has 2 aromatic carbocycles. The first kappa shape index (κ1) is 22.8. The molecule has 0 aromatic heterocycles. The van der Waals surface area contributed by atoms with Gasteiger partial charge in [0.05, 0.1) is 13.2 Å². The van der Waals surface area contributed by atoms with Crippen LogP contribution in [-0.2, 0) is 4.79 Å². The van der Waals surface area contributed by atoms with E-state index in [-0.39, 0.29) is 30.2 Å². The van der Waals surface area contributed by atoms with Crippen molar-refractivity contribution in [3.05, 3.63) is 54.3 Å². The van der Waals surface area contributed by atoms with E-state index in [2.05, 4.69) is 32.6 Å². The average molecular weight is 456 g/mol. The van der Waals surface area contributed by atoms with E-state index in [0.717, 1.165) is 38.5 Å². The number of nitrogens with one attached hydrogen (secondary N) is 2. The normalized spacial score (nSPS) is 19.0. The summed E-state index contributed by atoms with van der Waals surface area (Å²) >= 11 is 0. The SMILES string of the molecule is COc1ccc(N2CCN(CCNC(=O)N[C@@H]3CC(=O)N(c4cccc(F)c4)C3)CC2)cc1. The van der Waals surface area contributed by atoms with Crippen LogP contribution in [0.15, 0.2) is 48.5 Å². The topological polar surface area (TPSA) is 77.1 Å². The number of hydrogen-bond donors (Lipinski definition) is 2. The van der Waals surface area contributed by atoms with Gasteiger partial charge in [-0.1, -0.05) is 6.07 Å². The number of rotatable bonds is 7. The summed E-state index contributed by atoms with van der Waals surface area (Å²) in [7, 11) is 1.66. The lowest BCUT2D eigenvalue weighted by Crippen LogP contribution is -2.50. The van der Waals surface area contributed by atoms with Crippen LogP contribution in [0, 0.1) is 5.82 Å². The van der Waals surface area contributed by atoms with E-state index in [1.165, 1.54) is 22.7 Å². The lowest BCUT2D eigenvalue weighted by molar-refractivity contribution is -0.117. The van der Waals surface area contributed by atoms with E-state index >= 15 is 0 Å². The first-order chi connectivity index (χ1) is 16.0. The van der Waals surface area contributed by atoms with Crippen LogP contribution in [0.3, 0.4) is 0 Å². The molecule has 8 nitrogen and oxygen atoms in total. The van der Waals surface area contributed by atoms with Gasteiger partial charge in [-0.3, -0.25) is 9.69 Å². The Bertz CT molecular complexity index is 963. The van der Waals surface area contributed by atoms with Gasteiger partial charge in [0.1, 0.15) is 11.6 Å². The van der Waals surface area contributed by atoms with Crippen molar-refractivity contribution in [2.45, 2.75) is 12.5 Å². The highest BCUT2D eigenvalue weighted by molar-refractivity contribution is 5.96. The summed E-state index contributed by atoms with van der Waals surface area (Å²) in [4.78, 5) is 30.7. The third-order valence-electron chi connectivity index (χ3n) is 6.10. The Labute approximate surface area is 193 Å². The number of piperazine rings is 1. The van der Waals surface area contributed by atoms with Crippen LogP contribution in [0.25, 0.3) is 0 Å². The fourth-order valence-electron chi connectivity index (χ4n) is 4.28. The third-order valence-corrected chi connectivity index (χ3v) is 6.10. The van der Waals surface area contributed by atoms with Gasteiger partial charge >= 0.3 is 6.03 Å². The number of halogens is 1. The number of carbonyl (C=O) groups is 2.